The maximum atomic E-state index is 11.9. The third-order valence-corrected chi connectivity index (χ3v) is 2.95. The van der Waals surface area contributed by atoms with Crippen LogP contribution >= 0.6 is 0 Å². The number of nitrogens with one attached hydrogen (secondary N) is 1. The lowest BCUT2D eigenvalue weighted by molar-refractivity contribution is 0.219. The van der Waals surface area contributed by atoms with Crippen LogP contribution in [0.4, 0.5) is 4.79 Å². The van der Waals surface area contributed by atoms with Gasteiger partial charge in [0.15, 0.2) is 0 Å². The van der Waals surface area contributed by atoms with Crippen LogP contribution in [-0.4, -0.2) is 55.2 Å². The third kappa shape index (κ3) is 2.50. The number of carbonyl (C=O) groups excluding carboxylic acids is 1. The molecule has 0 saturated carbocycles. The Balaban J connectivity index is 1.94. The van der Waals surface area contributed by atoms with Gasteiger partial charge in [-0.2, -0.15) is 5.21 Å². The fourth-order valence-electron chi connectivity index (χ4n) is 1.91. The predicted molar refractivity (Wildman–Crippen MR) is 75.3 cm³/mol. The van der Waals surface area contributed by atoms with Crippen LogP contribution in [0.15, 0.2) is 36.8 Å². The number of imidazole rings is 1. The lowest BCUT2D eigenvalue weighted by Crippen LogP contribution is -2.26. The molecule has 3 aromatic rings. The minimum atomic E-state index is -0.150. The zero-order valence-electron chi connectivity index (χ0n) is 11.6. The van der Waals surface area contributed by atoms with Gasteiger partial charge in [0.25, 0.3) is 0 Å². The van der Waals surface area contributed by atoms with E-state index in [4.69, 9.17) is 0 Å². The Labute approximate surface area is 120 Å². The predicted octanol–water partition coefficient (Wildman–Crippen LogP) is 1.26. The van der Waals surface area contributed by atoms with Crippen LogP contribution in [0.1, 0.15) is 0 Å². The molecule has 0 bridgehead atoms. The Morgan fingerprint density at radius 1 is 1.29 bits per heavy atom. The van der Waals surface area contributed by atoms with Crippen LogP contribution < -0.4 is 0 Å². The van der Waals surface area contributed by atoms with Crippen molar-refractivity contribution in [2.24, 2.45) is 0 Å². The summed E-state index contributed by atoms with van der Waals surface area (Å²) in [5.74, 6) is 0.514. The first-order chi connectivity index (χ1) is 10.1. The molecule has 21 heavy (non-hydrogen) atoms. The number of tetrazole rings is 1. The Bertz CT molecular complexity index is 760. The van der Waals surface area contributed by atoms with Crippen LogP contribution in [0.3, 0.4) is 0 Å². The van der Waals surface area contributed by atoms with E-state index in [0.717, 1.165) is 11.1 Å². The van der Waals surface area contributed by atoms with Gasteiger partial charge in [0.05, 0.1) is 5.69 Å². The lowest BCUT2D eigenvalue weighted by Gasteiger charge is -2.09. The molecule has 1 N–H and O–H groups in total. The number of amides is 1. The number of carbonyl (C=O) groups is 1. The molecule has 106 valence electrons. The lowest BCUT2D eigenvalue weighted by atomic mass is 10.1. The maximum absolute atomic E-state index is 11.9. The first-order valence-corrected chi connectivity index (χ1v) is 6.25. The first kappa shape index (κ1) is 13.0. The number of benzene rings is 1. The van der Waals surface area contributed by atoms with E-state index < -0.39 is 0 Å². The highest BCUT2D eigenvalue weighted by Gasteiger charge is 2.11. The van der Waals surface area contributed by atoms with E-state index in [1.54, 1.807) is 20.3 Å². The van der Waals surface area contributed by atoms with Crippen molar-refractivity contribution in [1.29, 1.82) is 0 Å². The summed E-state index contributed by atoms with van der Waals surface area (Å²) < 4.78 is 1.44. The second-order valence-corrected chi connectivity index (χ2v) is 4.66. The molecular formula is C13H13N7O. The van der Waals surface area contributed by atoms with E-state index >= 15 is 0 Å². The number of rotatable bonds is 2. The van der Waals surface area contributed by atoms with Crippen molar-refractivity contribution >= 4 is 6.03 Å². The van der Waals surface area contributed by atoms with Gasteiger partial charge >= 0.3 is 6.03 Å². The fraction of sp³-hybridized carbons (Fsp3) is 0.154. The normalized spacial score (nSPS) is 10.6. The fourth-order valence-corrected chi connectivity index (χ4v) is 1.91. The average molecular weight is 283 g/mol. The second kappa shape index (κ2) is 5.16. The van der Waals surface area contributed by atoms with Crippen molar-refractivity contribution in [3.63, 3.8) is 0 Å². The highest BCUT2D eigenvalue weighted by atomic mass is 16.2. The monoisotopic (exact) mass is 283 g/mol. The standard InChI is InChI=1S/C13H13N7O/c1-19(2)13(21)20-7-11(14-8-20)9-4-3-5-10(6-9)12-15-17-18-16-12/h3-8H,1-2H3,(H,15,16,17,18). The number of hydrogen-bond donors (Lipinski definition) is 1. The summed E-state index contributed by atoms with van der Waals surface area (Å²) in [5.41, 5.74) is 2.41. The number of hydrogen-bond acceptors (Lipinski definition) is 5. The molecule has 2 aromatic heterocycles. The molecule has 0 spiro atoms. The minimum absolute atomic E-state index is 0.150. The summed E-state index contributed by atoms with van der Waals surface area (Å²) in [6, 6.07) is 7.43. The maximum Gasteiger partial charge on any atom is 0.328 e. The average Bonchev–Trinajstić information content (AvgIpc) is 3.18. The zero-order chi connectivity index (χ0) is 14.8. The molecule has 0 fully saturated rings. The number of H-pyrrole nitrogens is 1. The molecule has 0 radical (unpaired) electrons. The third-order valence-electron chi connectivity index (χ3n) is 2.95. The molecule has 8 nitrogen and oxygen atoms in total. The van der Waals surface area contributed by atoms with Gasteiger partial charge in [-0.05, 0) is 11.3 Å². The van der Waals surface area contributed by atoms with E-state index in [0.29, 0.717) is 11.5 Å². The second-order valence-electron chi connectivity index (χ2n) is 4.66. The van der Waals surface area contributed by atoms with E-state index in [1.165, 1.54) is 15.8 Å². The van der Waals surface area contributed by atoms with Crippen molar-refractivity contribution in [3.8, 4) is 22.6 Å². The summed E-state index contributed by atoms with van der Waals surface area (Å²) in [7, 11) is 3.39. The van der Waals surface area contributed by atoms with Crippen molar-refractivity contribution in [1.82, 2.24) is 35.1 Å². The van der Waals surface area contributed by atoms with E-state index in [9.17, 15) is 4.79 Å². The highest BCUT2D eigenvalue weighted by molar-refractivity contribution is 5.78. The van der Waals surface area contributed by atoms with Crippen molar-refractivity contribution in [2.75, 3.05) is 14.1 Å². The highest BCUT2D eigenvalue weighted by Crippen LogP contribution is 2.22. The molecule has 1 amide bonds. The zero-order valence-corrected chi connectivity index (χ0v) is 11.6. The Hall–Kier alpha value is -3.03. The molecule has 0 atom stereocenters. The topological polar surface area (TPSA) is 92.6 Å². The molecular weight excluding hydrogens is 270 g/mol. The van der Waals surface area contributed by atoms with Gasteiger partial charge in [-0.15, -0.1) is 10.2 Å². The van der Waals surface area contributed by atoms with Crippen molar-refractivity contribution < 1.29 is 4.79 Å². The molecule has 2 heterocycles. The van der Waals surface area contributed by atoms with Crippen molar-refractivity contribution in [2.45, 2.75) is 0 Å². The van der Waals surface area contributed by atoms with Gasteiger partial charge in [-0.1, -0.05) is 18.2 Å². The van der Waals surface area contributed by atoms with Crippen molar-refractivity contribution in [3.05, 3.63) is 36.8 Å². The molecule has 0 saturated heterocycles. The largest absolute Gasteiger partial charge is 0.330 e. The van der Waals surface area contributed by atoms with Gasteiger partial charge in [0.2, 0.25) is 5.82 Å². The number of aromatic nitrogens is 6. The molecule has 0 unspecified atom stereocenters. The Morgan fingerprint density at radius 2 is 2.10 bits per heavy atom. The van der Waals surface area contributed by atoms with Crippen LogP contribution in [0.2, 0.25) is 0 Å². The van der Waals surface area contributed by atoms with Crippen LogP contribution in [0, 0.1) is 0 Å². The smallest absolute Gasteiger partial charge is 0.328 e. The molecule has 0 aliphatic carbocycles. The molecule has 3 rings (SSSR count). The molecule has 1 aromatic carbocycles. The van der Waals surface area contributed by atoms with Gasteiger partial charge in [-0.25, -0.2) is 9.78 Å². The molecule has 8 heteroatoms. The molecule has 0 aliphatic heterocycles. The number of nitrogens with zero attached hydrogens (tertiary/aromatic N) is 6. The SMILES string of the molecule is CN(C)C(=O)n1cnc(-c2cccc(-c3nn[nH]n3)c2)c1. The quantitative estimate of drug-likeness (QED) is 0.764. The summed E-state index contributed by atoms with van der Waals surface area (Å²) in [6.45, 7) is 0. The van der Waals surface area contributed by atoms with Gasteiger partial charge in [0, 0.05) is 31.4 Å². The molecule has 0 aliphatic rings. The Morgan fingerprint density at radius 3 is 2.81 bits per heavy atom. The first-order valence-electron chi connectivity index (χ1n) is 6.25. The van der Waals surface area contributed by atoms with E-state index in [2.05, 4.69) is 25.6 Å². The van der Waals surface area contributed by atoms with E-state index in [-0.39, 0.29) is 6.03 Å². The van der Waals surface area contributed by atoms with Gasteiger partial charge in [0.1, 0.15) is 6.33 Å². The Kier molecular flexibility index (Phi) is 3.19. The van der Waals surface area contributed by atoms with Gasteiger partial charge < -0.3 is 4.90 Å². The van der Waals surface area contributed by atoms with Crippen LogP contribution in [0.5, 0.6) is 0 Å². The van der Waals surface area contributed by atoms with Crippen LogP contribution in [-0.2, 0) is 0 Å². The summed E-state index contributed by atoms with van der Waals surface area (Å²) >= 11 is 0. The van der Waals surface area contributed by atoms with E-state index in [1.807, 2.05) is 24.3 Å². The summed E-state index contributed by atoms with van der Waals surface area (Å²) in [5, 5.41) is 13.8. The number of aromatic amines is 1. The van der Waals surface area contributed by atoms with Crippen LogP contribution in [0.25, 0.3) is 22.6 Å². The summed E-state index contributed by atoms with van der Waals surface area (Å²) in [4.78, 5) is 17.6. The van der Waals surface area contributed by atoms with Gasteiger partial charge in [-0.3, -0.25) is 4.57 Å². The summed E-state index contributed by atoms with van der Waals surface area (Å²) in [6.07, 6.45) is 3.19. The minimum Gasteiger partial charge on any atom is -0.330 e.